The van der Waals surface area contributed by atoms with Gasteiger partial charge in [0.05, 0.1) is 6.20 Å². The maximum Gasteiger partial charge on any atom is 0.121 e. The van der Waals surface area contributed by atoms with E-state index >= 15 is 0 Å². The van der Waals surface area contributed by atoms with Gasteiger partial charge in [-0.25, -0.2) is 0 Å². The number of aromatic amines is 1. The number of phenolic OH excluding ortho intramolecular Hbond substituents is 1. The van der Waals surface area contributed by atoms with Crippen LogP contribution in [-0.4, -0.2) is 21.8 Å². The summed E-state index contributed by atoms with van der Waals surface area (Å²) in [7, 11) is 0. The topological polar surface area (TPSA) is 60.9 Å². The van der Waals surface area contributed by atoms with Gasteiger partial charge in [0.2, 0.25) is 0 Å². The molecular weight excluding hydrogens is 262 g/mol. The van der Waals surface area contributed by atoms with E-state index in [1.54, 1.807) is 18.2 Å². The van der Waals surface area contributed by atoms with Crippen LogP contribution in [0.15, 0.2) is 24.4 Å². The first-order valence-electron chi connectivity index (χ1n) is 6.34. The van der Waals surface area contributed by atoms with Crippen molar-refractivity contribution in [3.8, 4) is 5.75 Å². The Kier molecular flexibility index (Phi) is 4.82. The van der Waals surface area contributed by atoms with Gasteiger partial charge in [-0.15, -0.1) is 0 Å². The summed E-state index contributed by atoms with van der Waals surface area (Å²) >= 11 is 6.03. The number of benzene rings is 1. The SMILES string of the molecule is Cc1[nH]ncc1CCCNCc1c(O)cccc1Cl. The fourth-order valence-corrected chi connectivity index (χ4v) is 2.20. The molecular formula is C14H18ClN3O. The van der Waals surface area contributed by atoms with Crippen molar-refractivity contribution in [1.82, 2.24) is 15.5 Å². The number of aromatic nitrogens is 2. The van der Waals surface area contributed by atoms with Gasteiger partial charge in [0.25, 0.3) is 0 Å². The molecule has 0 saturated carbocycles. The second kappa shape index (κ2) is 6.59. The van der Waals surface area contributed by atoms with Gasteiger partial charge in [-0.05, 0) is 44.0 Å². The summed E-state index contributed by atoms with van der Waals surface area (Å²) in [5.41, 5.74) is 3.13. The third-order valence-electron chi connectivity index (χ3n) is 3.13. The first kappa shape index (κ1) is 13.9. The highest BCUT2D eigenvalue weighted by Crippen LogP contribution is 2.24. The molecule has 3 N–H and O–H groups in total. The molecule has 1 heterocycles. The van der Waals surface area contributed by atoms with Gasteiger partial charge < -0.3 is 10.4 Å². The number of rotatable bonds is 6. The summed E-state index contributed by atoms with van der Waals surface area (Å²) in [6, 6.07) is 5.17. The Hall–Kier alpha value is -1.52. The van der Waals surface area contributed by atoms with Gasteiger partial charge in [0, 0.05) is 22.8 Å². The van der Waals surface area contributed by atoms with Gasteiger partial charge in [-0.1, -0.05) is 17.7 Å². The van der Waals surface area contributed by atoms with Gasteiger partial charge in [0.15, 0.2) is 0 Å². The minimum atomic E-state index is 0.241. The second-order valence-corrected chi connectivity index (χ2v) is 4.95. The largest absolute Gasteiger partial charge is 0.508 e. The minimum absolute atomic E-state index is 0.241. The molecule has 0 radical (unpaired) electrons. The molecule has 2 aromatic rings. The normalized spacial score (nSPS) is 10.8. The molecule has 0 fully saturated rings. The summed E-state index contributed by atoms with van der Waals surface area (Å²) in [6.45, 7) is 3.47. The lowest BCUT2D eigenvalue weighted by atomic mass is 10.1. The van der Waals surface area contributed by atoms with Crippen LogP contribution in [0.25, 0.3) is 0 Å². The fourth-order valence-electron chi connectivity index (χ4n) is 1.97. The molecule has 0 atom stereocenters. The highest BCUT2D eigenvalue weighted by Gasteiger charge is 2.05. The summed E-state index contributed by atoms with van der Waals surface area (Å²) in [5, 5.41) is 20.5. The molecule has 102 valence electrons. The van der Waals surface area contributed by atoms with Crippen LogP contribution in [-0.2, 0) is 13.0 Å². The molecule has 2 rings (SSSR count). The lowest BCUT2D eigenvalue weighted by Gasteiger charge is -2.08. The molecule has 0 aliphatic carbocycles. The van der Waals surface area contributed by atoms with Crippen LogP contribution >= 0.6 is 11.6 Å². The standard InChI is InChI=1S/C14H18ClN3O/c1-10-11(8-17-18-10)4-3-7-16-9-12-13(15)5-2-6-14(12)19/h2,5-6,8,16,19H,3-4,7,9H2,1H3,(H,17,18). The van der Waals surface area contributed by atoms with Crippen LogP contribution in [0, 0.1) is 6.92 Å². The molecule has 0 aliphatic heterocycles. The smallest absolute Gasteiger partial charge is 0.121 e. The quantitative estimate of drug-likeness (QED) is 0.713. The van der Waals surface area contributed by atoms with Gasteiger partial charge in [-0.2, -0.15) is 5.10 Å². The number of hydrogen-bond donors (Lipinski definition) is 3. The number of aromatic hydroxyl groups is 1. The average Bonchev–Trinajstić information content (AvgIpc) is 2.78. The highest BCUT2D eigenvalue weighted by atomic mass is 35.5. The molecule has 4 nitrogen and oxygen atoms in total. The molecule has 0 saturated heterocycles. The Morgan fingerprint density at radius 3 is 2.95 bits per heavy atom. The Morgan fingerprint density at radius 1 is 1.42 bits per heavy atom. The van der Waals surface area contributed by atoms with E-state index in [9.17, 15) is 5.11 Å². The zero-order chi connectivity index (χ0) is 13.7. The number of nitrogens with zero attached hydrogens (tertiary/aromatic N) is 1. The van der Waals surface area contributed by atoms with E-state index in [1.807, 2.05) is 13.1 Å². The van der Waals surface area contributed by atoms with Crippen molar-refractivity contribution < 1.29 is 5.11 Å². The Balaban J connectivity index is 1.74. The fraction of sp³-hybridized carbons (Fsp3) is 0.357. The lowest BCUT2D eigenvalue weighted by molar-refractivity contribution is 0.464. The number of halogens is 1. The van der Waals surface area contributed by atoms with Gasteiger partial charge in [-0.3, -0.25) is 5.10 Å². The first-order valence-corrected chi connectivity index (χ1v) is 6.72. The van der Waals surface area contributed by atoms with E-state index in [0.717, 1.165) is 30.6 Å². The number of nitrogens with one attached hydrogen (secondary N) is 2. The number of phenols is 1. The monoisotopic (exact) mass is 279 g/mol. The Labute approximate surface area is 117 Å². The molecule has 0 unspecified atom stereocenters. The van der Waals surface area contributed by atoms with Crippen molar-refractivity contribution in [2.75, 3.05) is 6.54 Å². The number of hydrogen-bond acceptors (Lipinski definition) is 3. The van der Waals surface area contributed by atoms with E-state index < -0.39 is 0 Å². The van der Waals surface area contributed by atoms with Crippen molar-refractivity contribution in [1.29, 1.82) is 0 Å². The summed E-state index contributed by atoms with van der Waals surface area (Å²) < 4.78 is 0. The van der Waals surface area contributed by atoms with E-state index in [0.29, 0.717) is 11.6 Å². The maximum atomic E-state index is 9.70. The number of H-pyrrole nitrogens is 1. The zero-order valence-electron chi connectivity index (χ0n) is 10.9. The third-order valence-corrected chi connectivity index (χ3v) is 3.48. The Morgan fingerprint density at radius 2 is 2.26 bits per heavy atom. The predicted molar refractivity (Wildman–Crippen MR) is 76.5 cm³/mol. The van der Waals surface area contributed by atoms with E-state index in [2.05, 4.69) is 15.5 Å². The van der Waals surface area contributed by atoms with Crippen LogP contribution in [0.3, 0.4) is 0 Å². The van der Waals surface area contributed by atoms with Crippen molar-refractivity contribution in [3.63, 3.8) is 0 Å². The van der Waals surface area contributed by atoms with Crippen LogP contribution in [0.4, 0.5) is 0 Å². The van der Waals surface area contributed by atoms with Gasteiger partial charge >= 0.3 is 0 Å². The van der Waals surface area contributed by atoms with Gasteiger partial charge in [0.1, 0.15) is 5.75 Å². The van der Waals surface area contributed by atoms with Crippen LogP contribution in [0.2, 0.25) is 5.02 Å². The molecule has 0 amide bonds. The van der Waals surface area contributed by atoms with Crippen molar-refractivity contribution in [3.05, 3.63) is 46.2 Å². The van der Waals surface area contributed by atoms with Crippen LogP contribution < -0.4 is 5.32 Å². The van der Waals surface area contributed by atoms with Crippen molar-refractivity contribution >= 4 is 11.6 Å². The van der Waals surface area contributed by atoms with Crippen molar-refractivity contribution in [2.24, 2.45) is 0 Å². The summed E-state index contributed by atoms with van der Waals surface area (Å²) in [6.07, 6.45) is 3.88. The zero-order valence-corrected chi connectivity index (χ0v) is 11.7. The van der Waals surface area contributed by atoms with Crippen LogP contribution in [0.1, 0.15) is 23.2 Å². The lowest BCUT2D eigenvalue weighted by Crippen LogP contribution is -2.15. The van der Waals surface area contributed by atoms with E-state index in [4.69, 9.17) is 11.6 Å². The summed E-state index contributed by atoms with van der Waals surface area (Å²) in [4.78, 5) is 0. The second-order valence-electron chi connectivity index (χ2n) is 4.54. The predicted octanol–water partition coefficient (Wildman–Crippen LogP) is 2.80. The average molecular weight is 280 g/mol. The minimum Gasteiger partial charge on any atom is -0.508 e. The highest BCUT2D eigenvalue weighted by molar-refractivity contribution is 6.31. The molecule has 0 spiro atoms. The van der Waals surface area contributed by atoms with Crippen LogP contribution in [0.5, 0.6) is 5.75 Å². The summed E-state index contributed by atoms with van der Waals surface area (Å²) in [5.74, 6) is 0.241. The molecule has 1 aromatic heterocycles. The molecule has 0 aliphatic rings. The Bertz CT molecular complexity index is 519. The van der Waals surface area contributed by atoms with Crippen molar-refractivity contribution in [2.45, 2.75) is 26.3 Å². The number of aryl methyl sites for hydroxylation is 2. The van der Waals surface area contributed by atoms with E-state index in [-0.39, 0.29) is 5.75 Å². The maximum absolute atomic E-state index is 9.70. The van der Waals surface area contributed by atoms with E-state index in [1.165, 1.54) is 5.56 Å². The molecule has 0 bridgehead atoms. The molecule has 19 heavy (non-hydrogen) atoms. The first-order chi connectivity index (χ1) is 9.18. The molecule has 5 heteroatoms. The molecule has 1 aromatic carbocycles. The third kappa shape index (κ3) is 3.72.